The zero-order valence-corrected chi connectivity index (χ0v) is 9.75. The molecule has 0 spiro atoms. The molecule has 2 rings (SSSR count). The van der Waals surface area contributed by atoms with Gasteiger partial charge in [0.05, 0.1) is 6.61 Å². The summed E-state index contributed by atoms with van der Waals surface area (Å²) >= 11 is 1.29. The molecule has 0 amide bonds. The lowest BCUT2D eigenvalue weighted by atomic mass is 10.4. The smallest absolute Gasteiger partial charge is 0.343 e. The number of thioether (sulfide) groups is 1. The average molecular weight is 243 g/mol. The van der Waals surface area contributed by atoms with Crippen LogP contribution in [-0.4, -0.2) is 32.6 Å². The van der Waals surface area contributed by atoms with Gasteiger partial charge in [-0.25, -0.2) is 9.89 Å². The highest BCUT2D eigenvalue weighted by molar-refractivity contribution is 8.00. The average Bonchev–Trinajstić information content (AvgIpc) is 2.80. The van der Waals surface area contributed by atoms with Gasteiger partial charge in [-0.3, -0.25) is 9.36 Å². The van der Waals surface area contributed by atoms with Crippen molar-refractivity contribution in [1.82, 2.24) is 14.8 Å². The van der Waals surface area contributed by atoms with Crippen LogP contribution in [0.2, 0.25) is 0 Å². The molecule has 2 heterocycles. The predicted molar refractivity (Wildman–Crippen MR) is 58.4 cm³/mol. The number of H-pyrrole nitrogens is 1. The maximum Gasteiger partial charge on any atom is 0.343 e. The zero-order valence-electron chi connectivity index (χ0n) is 8.93. The van der Waals surface area contributed by atoms with Crippen LogP contribution in [0.25, 0.3) is 0 Å². The van der Waals surface area contributed by atoms with Gasteiger partial charge in [0, 0.05) is 13.0 Å². The molecular formula is C9H13N3O3S. The lowest BCUT2D eigenvalue weighted by Crippen LogP contribution is -2.18. The lowest BCUT2D eigenvalue weighted by molar-refractivity contribution is -0.137. The topological polar surface area (TPSA) is 77.0 Å². The molecule has 1 atom stereocenters. The van der Waals surface area contributed by atoms with Crippen molar-refractivity contribution < 1.29 is 9.53 Å². The number of nitrogens with one attached hydrogen (secondary N) is 1. The van der Waals surface area contributed by atoms with Gasteiger partial charge in [0.25, 0.3) is 0 Å². The highest BCUT2D eigenvalue weighted by atomic mass is 32.2. The van der Waals surface area contributed by atoms with E-state index in [0.717, 1.165) is 6.42 Å². The third-order valence-electron chi connectivity index (χ3n) is 2.31. The first-order valence-electron chi connectivity index (χ1n) is 5.21. The highest BCUT2D eigenvalue weighted by Crippen LogP contribution is 2.27. The summed E-state index contributed by atoms with van der Waals surface area (Å²) in [4.78, 5) is 22.7. The molecule has 0 aliphatic carbocycles. The molecule has 1 aromatic heterocycles. The fraction of sp³-hybridized carbons (Fsp3) is 0.667. The maximum atomic E-state index is 11.4. The van der Waals surface area contributed by atoms with Crippen LogP contribution >= 0.6 is 11.8 Å². The van der Waals surface area contributed by atoms with Crippen LogP contribution in [0.4, 0.5) is 0 Å². The van der Waals surface area contributed by atoms with Crippen LogP contribution in [0.5, 0.6) is 0 Å². The number of hydrogen-bond donors (Lipinski definition) is 1. The van der Waals surface area contributed by atoms with Gasteiger partial charge < -0.3 is 4.74 Å². The molecule has 0 bridgehead atoms. The Hall–Kier alpha value is -1.24. The number of hydrogen-bond acceptors (Lipinski definition) is 5. The number of carbonyl (C=O) groups is 1. The number of cyclic esters (lactones) is 1. The molecule has 0 radical (unpaired) electrons. The Bertz CT molecular complexity index is 439. The fourth-order valence-electron chi connectivity index (χ4n) is 1.53. The van der Waals surface area contributed by atoms with Crippen LogP contribution in [0, 0.1) is 0 Å². The third-order valence-corrected chi connectivity index (χ3v) is 3.54. The summed E-state index contributed by atoms with van der Waals surface area (Å²) in [5.41, 5.74) is -0.226. The normalized spacial score (nSPS) is 20.1. The summed E-state index contributed by atoms with van der Waals surface area (Å²) in [5.74, 6) is -0.219. The molecule has 0 aromatic carbocycles. The van der Waals surface area contributed by atoms with Crippen molar-refractivity contribution in [3.05, 3.63) is 10.5 Å². The predicted octanol–water partition coefficient (Wildman–Crippen LogP) is 0.389. The van der Waals surface area contributed by atoms with Crippen LogP contribution in [0.3, 0.4) is 0 Å². The Balaban J connectivity index is 2.14. The summed E-state index contributed by atoms with van der Waals surface area (Å²) < 4.78 is 6.41. The van der Waals surface area contributed by atoms with E-state index in [1.54, 1.807) is 4.57 Å². The minimum Gasteiger partial charge on any atom is -0.465 e. The molecule has 1 saturated heterocycles. The Morgan fingerprint density at radius 3 is 3.06 bits per heavy atom. The van der Waals surface area contributed by atoms with Crippen LogP contribution < -0.4 is 5.69 Å². The van der Waals surface area contributed by atoms with Gasteiger partial charge in [0.15, 0.2) is 5.16 Å². The van der Waals surface area contributed by atoms with E-state index in [0.29, 0.717) is 24.7 Å². The first-order chi connectivity index (χ1) is 7.72. The fourth-order valence-corrected chi connectivity index (χ4v) is 2.56. The monoisotopic (exact) mass is 243 g/mol. The lowest BCUT2D eigenvalue weighted by Gasteiger charge is -2.05. The molecule has 1 aromatic rings. The van der Waals surface area contributed by atoms with Crippen LogP contribution in [-0.2, 0) is 16.1 Å². The molecule has 0 saturated carbocycles. The Morgan fingerprint density at radius 1 is 1.62 bits per heavy atom. The molecule has 1 aliphatic rings. The van der Waals surface area contributed by atoms with E-state index in [1.807, 2.05) is 6.92 Å². The van der Waals surface area contributed by atoms with E-state index in [9.17, 15) is 9.59 Å². The largest absolute Gasteiger partial charge is 0.465 e. The van der Waals surface area contributed by atoms with Crippen molar-refractivity contribution in [2.75, 3.05) is 6.61 Å². The molecule has 16 heavy (non-hydrogen) atoms. The zero-order chi connectivity index (χ0) is 11.5. The summed E-state index contributed by atoms with van der Waals surface area (Å²) in [7, 11) is 0. The highest BCUT2D eigenvalue weighted by Gasteiger charge is 2.29. The summed E-state index contributed by atoms with van der Waals surface area (Å²) in [6.45, 7) is 3.05. The molecular weight excluding hydrogens is 230 g/mol. The first kappa shape index (κ1) is 11.3. The minimum atomic E-state index is -0.231. The van der Waals surface area contributed by atoms with Gasteiger partial charge >= 0.3 is 11.7 Å². The van der Waals surface area contributed by atoms with Crippen LogP contribution in [0.1, 0.15) is 19.8 Å². The first-order valence-corrected chi connectivity index (χ1v) is 6.09. The number of ether oxygens (including phenoxy) is 1. The molecule has 1 N–H and O–H groups in total. The van der Waals surface area contributed by atoms with Crippen molar-refractivity contribution in [3.63, 3.8) is 0 Å². The van der Waals surface area contributed by atoms with E-state index in [2.05, 4.69) is 10.2 Å². The molecule has 88 valence electrons. The van der Waals surface area contributed by atoms with Gasteiger partial charge in [-0.2, -0.15) is 0 Å². The van der Waals surface area contributed by atoms with Gasteiger partial charge in [0.1, 0.15) is 5.25 Å². The number of aromatic nitrogens is 3. The standard InChI is InChI=1S/C9H13N3O3S/c1-2-4-12-8(14)10-11-9(12)16-6-3-5-15-7(6)13/h6H,2-5H2,1H3,(H,10,14). The SMILES string of the molecule is CCCn1c(SC2CCOC2=O)n[nH]c1=O. The van der Waals surface area contributed by atoms with Crippen molar-refractivity contribution in [2.24, 2.45) is 0 Å². The van der Waals surface area contributed by atoms with E-state index in [1.165, 1.54) is 11.8 Å². The van der Waals surface area contributed by atoms with E-state index < -0.39 is 0 Å². The van der Waals surface area contributed by atoms with Gasteiger partial charge in [-0.1, -0.05) is 18.7 Å². The van der Waals surface area contributed by atoms with Gasteiger partial charge in [-0.15, -0.1) is 5.10 Å². The number of rotatable bonds is 4. The Labute approximate surface area is 96.4 Å². The quantitative estimate of drug-likeness (QED) is 0.774. The van der Waals surface area contributed by atoms with Crippen molar-refractivity contribution >= 4 is 17.7 Å². The second-order valence-corrected chi connectivity index (χ2v) is 4.70. The minimum absolute atomic E-state index is 0.219. The number of carbonyl (C=O) groups excluding carboxylic acids is 1. The molecule has 6 nitrogen and oxygen atoms in total. The summed E-state index contributed by atoms with van der Waals surface area (Å²) in [6.07, 6.45) is 1.53. The molecule has 1 aliphatic heterocycles. The van der Waals surface area contributed by atoms with E-state index in [-0.39, 0.29) is 16.9 Å². The molecule has 7 heteroatoms. The van der Waals surface area contributed by atoms with Crippen molar-refractivity contribution in [3.8, 4) is 0 Å². The number of esters is 1. The van der Waals surface area contributed by atoms with Gasteiger partial charge in [-0.05, 0) is 6.42 Å². The van der Waals surface area contributed by atoms with Gasteiger partial charge in [0.2, 0.25) is 0 Å². The third kappa shape index (κ3) is 2.13. The maximum absolute atomic E-state index is 11.4. The van der Waals surface area contributed by atoms with Crippen LogP contribution in [0.15, 0.2) is 9.95 Å². The van der Waals surface area contributed by atoms with Crippen molar-refractivity contribution in [1.29, 1.82) is 0 Å². The van der Waals surface area contributed by atoms with E-state index >= 15 is 0 Å². The Kier molecular flexibility index (Phi) is 3.33. The number of nitrogens with zero attached hydrogens (tertiary/aromatic N) is 2. The second kappa shape index (κ2) is 4.73. The second-order valence-electron chi connectivity index (χ2n) is 3.53. The van der Waals surface area contributed by atoms with E-state index in [4.69, 9.17) is 4.74 Å². The molecule has 1 unspecified atom stereocenters. The number of aromatic amines is 1. The van der Waals surface area contributed by atoms with Crippen molar-refractivity contribution in [2.45, 2.75) is 36.7 Å². The molecule has 1 fully saturated rings. The Morgan fingerprint density at radius 2 is 2.44 bits per heavy atom. The summed E-state index contributed by atoms with van der Waals surface area (Å²) in [6, 6.07) is 0. The summed E-state index contributed by atoms with van der Waals surface area (Å²) in [5, 5.41) is 6.64.